The zero-order chi connectivity index (χ0) is 14.4. The fourth-order valence-corrected chi connectivity index (χ4v) is 5.08. The first-order valence-electron chi connectivity index (χ1n) is 7.34. The fraction of sp³-hybridized carbons (Fsp3) is 0.375. The van der Waals surface area contributed by atoms with Crippen LogP contribution in [0.4, 0.5) is 0 Å². The summed E-state index contributed by atoms with van der Waals surface area (Å²) < 4.78 is 27.3. The van der Waals surface area contributed by atoms with E-state index in [1.807, 2.05) is 30.3 Å². The third-order valence-corrected chi connectivity index (χ3v) is 6.54. The first kappa shape index (κ1) is 13.2. The van der Waals surface area contributed by atoms with E-state index in [0.717, 1.165) is 23.9 Å². The van der Waals surface area contributed by atoms with Gasteiger partial charge in [0.1, 0.15) is 0 Å². The Morgan fingerprint density at radius 1 is 0.952 bits per heavy atom. The Balaban J connectivity index is 1.70. The van der Waals surface area contributed by atoms with Gasteiger partial charge in [-0.05, 0) is 47.8 Å². The number of fused-ring (bicyclic) bond motifs is 2. The van der Waals surface area contributed by atoms with E-state index in [-0.39, 0.29) is 0 Å². The van der Waals surface area contributed by atoms with E-state index in [2.05, 4.69) is 5.32 Å². The first-order chi connectivity index (χ1) is 10.1. The first-order valence-corrected chi connectivity index (χ1v) is 8.78. The number of hydrogen-bond acceptors (Lipinski definition) is 3. The smallest absolute Gasteiger partial charge is 0.243 e. The van der Waals surface area contributed by atoms with E-state index in [1.54, 1.807) is 16.4 Å². The summed E-state index contributed by atoms with van der Waals surface area (Å²) in [5.41, 5.74) is 0. The minimum atomic E-state index is -3.37. The third kappa shape index (κ3) is 2.16. The average molecular weight is 302 g/mol. The molecule has 2 heterocycles. The molecular weight excluding hydrogens is 284 g/mol. The van der Waals surface area contributed by atoms with Crippen LogP contribution in [0.5, 0.6) is 0 Å². The summed E-state index contributed by atoms with van der Waals surface area (Å²) in [5.74, 6) is 0.945. The van der Waals surface area contributed by atoms with Crippen LogP contribution >= 0.6 is 0 Å². The monoisotopic (exact) mass is 302 g/mol. The van der Waals surface area contributed by atoms with Crippen molar-refractivity contribution in [3.63, 3.8) is 0 Å². The molecule has 2 saturated heterocycles. The van der Waals surface area contributed by atoms with E-state index < -0.39 is 10.0 Å². The van der Waals surface area contributed by atoms with Crippen LogP contribution < -0.4 is 5.32 Å². The summed E-state index contributed by atoms with van der Waals surface area (Å²) in [6.45, 7) is 3.17. The molecule has 5 heteroatoms. The minimum absolute atomic E-state index is 0.411. The maximum Gasteiger partial charge on any atom is 0.243 e. The largest absolute Gasteiger partial charge is 0.316 e. The van der Waals surface area contributed by atoms with E-state index in [1.165, 1.54) is 0 Å². The van der Waals surface area contributed by atoms with Crippen molar-refractivity contribution >= 4 is 20.8 Å². The summed E-state index contributed by atoms with van der Waals surface area (Å²) in [6.07, 6.45) is 0. The molecule has 0 unspecified atom stereocenters. The highest BCUT2D eigenvalue weighted by atomic mass is 32.2. The van der Waals surface area contributed by atoms with Crippen LogP contribution in [-0.4, -0.2) is 38.9 Å². The lowest BCUT2D eigenvalue weighted by Gasteiger charge is -2.17. The van der Waals surface area contributed by atoms with Gasteiger partial charge in [0.05, 0.1) is 4.90 Å². The lowest BCUT2D eigenvalue weighted by Crippen LogP contribution is -2.31. The van der Waals surface area contributed by atoms with Crippen molar-refractivity contribution in [2.45, 2.75) is 4.90 Å². The van der Waals surface area contributed by atoms with Crippen LogP contribution in [0.3, 0.4) is 0 Å². The summed E-state index contributed by atoms with van der Waals surface area (Å²) in [5, 5.41) is 5.38. The van der Waals surface area contributed by atoms with Crippen LogP contribution in [0.2, 0.25) is 0 Å². The molecule has 2 fully saturated rings. The fourth-order valence-electron chi connectivity index (χ4n) is 3.49. The molecule has 0 saturated carbocycles. The van der Waals surface area contributed by atoms with Crippen molar-refractivity contribution in [3.8, 4) is 0 Å². The van der Waals surface area contributed by atoms with Gasteiger partial charge in [0, 0.05) is 13.1 Å². The van der Waals surface area contributed by atoms with Crippen LogP contribution in [0, 0.1) is 11.8 Å². The van der Waals surface area contributed by atoms with Crippen molar-refractivity contribution in [3.05, 3.63) is 42.5 Å². The van der Waals surface area contributed by atoms with Gasteiger partial charge in [0.2, 0.25) is 10.0 Å². The molecule has 0 amide bonds. The SMILES string of the molecule is O=S(=O)(c1ccc2ccccc2c1)N1C[C@H]2CNC[C@H]2C1. The average Bonchev–Trinajstić information content (AvgIpc) is 3.08. The van der Waals surface area contributed by atoms with E-state index in [9.17, 15) is 8.42 Å². The molecule has 0 aromatic heterocycles. The molecule has 2 aromatic rings. The van der Waals surface area contributed by atoms with Crippen LogP contribution in [-0.2, 0) is 10.0 Å². The second-order valence-electron chi connectivity index (χ2n) is 6.01. The molecule has 0 aliphatic carbocycles. The predicted octanol–water partition coefficient (Wildman–Crippen LogP) is 1.68. The normalized spacial score (nSPS) is 26.3. The lowest BCUT2D eigenvalue weighted by molar-refractivity contribution is 0.448. The van der Waals surface area contributed by atoms with E-state index >= 15 is 0 Å². The highest BCUT2D eigenvalue weighted by Crippen LogP contribution is 2.31. The number of benzene rings is 2. The van der Waals surface area contributed by atoms with Gasteiger partial charge in [-0.2, -0.15) is 4.31 Å². The lowest BCUT2D eigenvalue weighted by atomic mass is 10.0. The molecule has 2 aromatic carbocycles. The van der Waals surface area contributed by atoms with Crippen molar-refractivity contribution in [1.29, 1.82) is 0 Å². The van der Waals surface area contributed by atoms with Crippen LogP contribution in [0.1, 0.15) is 0 Å². The molecule has 2 aliphatic rings. The van der Waals surface area contributed by atoms with E-state index in [0.29, 0.717) is 29.8 Å². The Hall–Kier alpha value is -1.43. The zero-order valence-electron chi connectivity index (χ0n) is 11.7. The molecular formula is C16H18N2O2S. The van der Waals surface area contributed by atoms with Gasteiger partial charge in [-0.1, -0.05) is 30.3 Å². The van der Waals surface area contributed by atoms with Gasteiger partial charge >= 0.3 is 0 Å². The van der Waals surface area contributed by atoms with Gasteiger partial charge in [-0.3, -0.25) is 0 Å². The van der Waals surface area contributed by atoms with Crippen LogP contribution in [0.25, 0.3) is 10.8 Å². The molecule has 0 spiro atoms. The molecule has 4 nitrogen and oxygen atoms in total. The molecule has 2 atom stereocenters. The molecule has 21 heavy (non-hydrogen) atoms. The summed E-state index contributed by atoms with van der Waals surface area (Å²) in [4.78, 5) is 0.411. The summed E-state index contributed by atoms with van der Waals surface area (Å²) in [6, 6.07) is 13.3. The molecule has 110 valence electrons. The highest BCUT2D eigenvalue weighted by Gasteiger charge is 2.41. The summed E-state index contributed by atoms with van der Waals surface area (Å²) >= 11 is 0. The van der Waals surface area contributed by atoms with Crippen LogP contribution in [0.15, 0.2) is 47.4 Å². The second kappa shape index (κ2) is 4.80. The predicted molar refractivity (Wildman–Crippen MR) is 82.6 cm³/mol. The quantitative estimate of drug-likeness (QED) is 0.918. The topological polar surface area (TPSA) is 49.4 Å². The second-order valence-corrected chi connectivity index (χ2v) is 7.95. The summed E-state index contributed by atoms with van der Waals surface area (Å²) in [7, 11) is -3.37. The van der Waals surface area contributed by atoms with Crippen molar-refractivity contribution in [2.75, 3.05) is 26.2 Å². The molecule has 0 radical (unpaired) electrons. The van der Waals surface area contributed by atoms with Crippen molar-refractivity contribution in [2.24, 2.45) is 11.8 Å². The number of hydrogen-bond donors (Lipinski definition) is 1. The zero-order valence-corrected chi connectivity index (χ0v) is 12.5. The Morgan fingerprint density at radius 3 is 2.33 bits per heavy atom. The standard InChI is InChI=1S/C16H18N2O2S/c19-21(20,18-10-14-8-17-9-15(14)11-18)16-6-5-12-3-1-2-4-13(12)7-16/h1-7,14-15,17H,8-11H2/t14-,15+. The van der Waals surface area contributed by atoms with Gasteiger partial charge in [0.15, 0.2) is 0 Å². The number of nitrogens with zero attached hydrogens (tertiary/aromatic N) is 1. The van der Waals surface area contributed by atoms with Gasteiger partial charge in [0.25, 0.3) is 0 Å². The third-order valence-electron chi connectivity index (χ3n) is 4.71. The maximum absolute atomic E-state index is 12.8. The molecule has 1 N–H and O–H groups in total. The molecule has 2 aliphatic heterocycles. The Bertz CT molecular complexity index is 776. The Morgan fingerprint density at radius 2 is 1.62 bits per heavy atom. The Kier molecular flexibility index (Phi) is 3.03. The van der Waals surface area contributed by atoms with Crippen molar-refractivity contribution in [1.82, 2.24) is 9.62 Å². The van der Waals surface area contributed by atoms with E-state index in [4.69, 9.17) is 0 Å². The number of rotatable bonds is 2. The molecule has 0 bridgehead atoms. The molecule has 4 rings (SSSR count). The van der Waals surface area contributed by atoms with Gasteiger partial charge in [-0.25, -0.2) is 8.42 Å². The highest BCUT2D eigenvalue weighted by molar-refractivity contribution is 7.89. The number of sulfonamides is 1. The maximum atomic E-state index is 12.8. The number of nitrogens with one attached hydrogen (secondary N) is 1. The Labute approximate surface area is 124 Å². The minimum Gasteiger partial charge on any atom is -0.316 e. The van der Waals surface area contributed by atoms with Crippen molar-refractivity contribution < 1.29 is 8.42 Å². The van der Waals surface area contributed by atoms with Gasteiger partial charge < -0.3 is 5.32 Å². The van der Waals surface area contributed by atoms with Gasteiger partial charge in [-0.15, -0.1) is 0 Å².